The number of carboxylic acids is 1. The molecule has 5 aromatic carbocycles. The van der Waals surface area contributed by atoms with Gasteiger partial charge < -0.3 is 19.2 Å². The third kappa shape index (κ3) is 6.19. The molecule has 0 aromatic heterocycles. The summed E-state index contributed by atoms with van der Waals surface area (Å²) in [6, 6.07) is 33.6. The van der Waals surface area contributed by atoms with Crippen molar-refractivity contribution in [1.82, 2.24) is 4.90 Å². The van der Waals surface area contributed by atoms with E-state index in [1.165, 1.54) is 16.8 Å². The number of hydrogen-bond donors (Lipinski definition) is 1. The topological polar surface area (TPSA) is 64.1 Å². The van der Waals surface area contributed by atoms with Gasteiger partial charge in [0, 0.05) is 49.2 Å². The van der Waals surface area contributed by atoms with E-state index in [2.05, 4.69) is 114 Å². The Morgan fingerprint density at radius 1 is 0.735 bits per heavy atom. The third-order valence-electron chi connectivity index (χ3n) is 10.1. The van der Waals surface area contributed by atoms with Crippen LogP contribution >= 0.6 is 11.9 Å². The van der Waals surface area contributed by atoms with Gasteiger partial charge in [0.25, 0.3) is 5.91 Å². The molecule has 0 spiro atoms. The van der Waals surface area contributed by atoms with Crippen molar-refractivity contribution in [3.8, 4) is 33.4 Å². The van der Waals surface area contributed by atoms with Crippen molar-refractivity contribution in [2.75, 3.05) is 41.6 Å². The van der Waals surface area contributed by atoms with Gasteiger partial charge in [-0.05, 0) is 95.1 Å². The summed E-state index contributed by atoms with van der Waals surface area (Å²) in [5.74, 6) is -0.800. The third-order valence-corrected chi connectivity index (χ3v) is 10.8. The molecule has 0 bridgehead atoms. The molecule has 0 saturated carbocycles. The number of aryl methyl sites for hydroxylation is 1. The minimum atomic E-state index is -0.847. The van der Waals surface area contributed by atoms with Crippen LogP contribution in [0.25, 0.3) is 33.4 Å². The Balaban J connectivity index is 1.19. The molecule has 1 saturated heterocycles. The molecule has 0 unspecified atom stereocenters. The Morgan fingerprint density at radius 2 is 1.39 bits per heavy atom. The summed E-state index contributed by atoms with van der Waals surface area (Å²) in [6.07, 6.45) is 2.00. The molecule has 0 radical (unpaired) electrons. The van der Waals surface area contributed by atoms with Crippen molar-refractivity contribution in [1.29, 1.82) is 0 Å². The fourth-order valence-electron chi connectivity index (χ4n) is 7.49. The van der Waals surface area contributed by atoms with Crippen LogP contribution in [0.15, 0.2) is 97.1 Å². The summed E-state index contributed by atoms with van der Waals surface area (Å²) >= 11 is 1.64. The first-order valence-electron chi connectivity index (χ1n) is 16.8. The van der Waals surface area contributed by atoms with Crippen molar-refractivity contribution in [2.45, 2.75) is 33.7 Å². The summed E-state index contributed by atoms with van der Waals surface area (Å²) in [7, 11) is 0. The number of fused-ring (bicyclic) bond motifs is 3. The molecule has 6 nitrogen and oxygen atoms in total. The van der Waals surface area contributed by atoms with Crippen LogP contribution in [0.1, 0.15) is 38.2 Å². The van der Waals surface area contributed by atoms with Crippen molar-refractivity contribution in [3.63, 3.8) is 0 Å². The fraction of sp³-hybridized carbons (Fsp3) is 0.238. The lowest BCUT2D eigenvalue weighted by molar-refractivity contribution is -0.136. The SMILES string of the molecule is CSN1Cc2ccc(C(=O)N3CCN(c4ccc(-c5ccccc5)cc4)CC3)cc2-c2c(C)c(-c3ccc(C)cc3)c(CC(=O)O)c(C)c21. The number of nitrogens with zero attached hydrogens (tertiary/aromatic N) is 3. The number of amides is 1. The van der Waals surface area contributed by atoms with Crippen LogP contribution in [0, 0.1) is 20.8 Å². The van der Waals surface area contributed by atoms with E-state index in [0.717, 1.165) is 68.8 Å². The normalized spacial score (nSPS) is 14.0. The maximum atomic E-state index is 14.0. The lowest BCUT2D eigenvalue weighted by Crippen LogP contribution is -2.48. The summed E-state index contributed by atoms with van der Waals surface area (Å²) < 4.78 is 2.26. The number of benzene rings is 5. The van der Waals surface area contributed by atoms with E-state index < -0.39 is 5.97 Å². The van der Waals surface area contributed by atoms with Crippen molar-refractivity contribution in [3.05, 3.63) is 130 Å². The molecule has 1 fully saturated rings. The number of carboxylic acid groups (broad SMARTS) is 1. The number of aliphatic carboxylic acids is 1. The van der Waals surface area contributed by atoms with Gasteiger partial charge in [0.1, 0.15) is 0 Å². The van der Waals surface area contributed by atoms with Gasteiger partial charge in [-0.15, -0.1) is 0 Å². The van der Waals surface area contributed by atoms with E-state index >= 15 is 0 Å². The van der Waals surface area contributed by atoms with Crippen molar-refractivity contribution >= 4 is 35.2 Å². The van der Waals surface area contributed by atoms with Crippen LogP contribution < -0.4 is 9.21 Å². The monoisotopic (exact) mass is 667 g/mol. The molecule has 2 aliphatic heterocycles. The van der Waals surface area contributed by atoms with Gasteiger partial charge in [-0.1, -0.05) is 90.3 Å². The molecule has 2 heterocycles. The Bertz CT molecular complexity index is 2030. The van der Waals surface area contributed by atoms with Crippen LogP contribution in [-0.2, 0) is 17.8 Å². The van der Waals surface area contributed by atoms with Crippen molar-refractivity contribution in [2.24, 2.45) is 0 Å². The average molecular weight is 668 g/mol. The zero-order chi connectivity index (χ0) is 34.2. The first kappa shape index (κ1) is 32.5. The van der Waals surface area contributed by atoms with Gasteiger partial charge in [-0.3, -0.25) is 9.59 Å². The van der Waals surface area contributed by atoms with Gasteiger partial charge in [0.05, 0.1) is 18.7 Å². The largest absolute Gasteiger partial charge is 0.481 e. The second-order valence-corrected chi connectivity index (χ2v) is 13.9. The summed E-state index contributed by atoms with van der Waals surface area (Å²) in [4.78, 5) is 30.5. The van der Waals surface area contributed by atoms with Crippen LogP contribution in [0.2, 0.25) is 0 Å². The molecule has 0 atom stereocenters. The second kappa shape index (κ2) is 13.5. The van der Waals surface area contributed by atoms with Gasteiger partial charge in [-0.2, -0.15) is 0 Å². The average Bonchev–Trinajstić information content (AvgIpc) is 3.13. The van der Waals surface area contributed by atoms with E-state index in [4.69, 9.17) is 0 Å². The molecule has 2 aliphatic rings. The molecule has 5 aromatic rings. The first-order valence-corrected chi connectivity index (χ1v) is 18.0. The zero-order valence-electron chi connectivity index (χ0n) is 28.5. The predicted octanol–water partition coefficient (Wildman–Crippen LogP) is 8.80. The Kier molecular flexibility index (Phi) is 8.95. The smallest absolute Gasteiger partial charge is 0.307 e. The minimum Gasteiger partial charge on any atom is -0.481 e. The highest BCUT2D eigenvalue weighted by molar-refractivity contribution is 7.99. The fourth-order valence-corrected chi connectivity index (χ4v) is 8.17. The number of hydrogen-bond acceptors (Lipinski definition) is 5. The Hall–Kier alpha value is -5.01. The lowest BCUT2D eigenvalue weighted by atomic mass is 9.80. The summed E-state index contributed by atoms with van der Waals surface area (Å²) in [6.45, 7) is 9.74. The van der Waals surface area contributed by atoms with E-state index in [1.807, 2.05) is 24.0 Å². The molecule has 7 rings (SSSR count). The van der Waals surface area contributed by atoms with Crippen molar-refractivity contribution < 1.29 is 14.7 Å². The molecule has 1 N–H and O–H groups in total. The van der Waals surface area contributed by atoms with E-state index in [9.17, 15) is 14.7 Å². The molecule has 7 heteroatoms. The summed E-state index contributed by atoms with van der Waals surface area (Å²) in [5.41, 5.74) is 14.6. The van der Waals surface area contributed by atoms with Gasteiger partial charge in [0.15, 0.2) is 0 Å². The zero-order valence-corrected chi connectivity index (χ0v) is 29.3. The predicted molar refractivity (Wildman–Crippen MR) is 203 cm³/mol. The maximum absolute atomic E-state index is 14.0. The molecule has 248 valence electrons. The maximum Gasteiger partial charge on any atom is 0.307 e. The molecule has 1 amide bonds. The van der Waals surface area contributed by atoms with Gasteiger partial charge >= 0.3 is 5.97 Å². The van der Waals surface area contributed by atoms with E-state index in [-0.39, 0.29) is 12.3 Å². The number of piperazine rings is 1. The standard InChI is InChI=1S/C42H41N3O3S/c1-27-10-12-32(13-11-27)39-29(3)40-37-24-33(14-15-34(37)26-45(49-4)41(40)28(2)36(39)25-38(46)47)42(48)44-22-20-43(21-23-44)35-18-16-31(17-19-35)30-8-6-5-7-9-30/h5-19,24H,20-23,25-26H2,1-4H3,(H,46,47). The van der Waals surface area contributed by atoms with Crippen LogP contribution in [0.4, 0.5) is 11.4 Å². The molecule has 49 heavy (non-hydrogen) atoms. The Morgan fingerprint density at radius 3 is 2.04 bits per heavy atom. The highest BCUT2D eigenvalue weighted by atomic mass is 32.2. The number of carbonyl (C=O) groups is 2. The second-order valence-electron chi connectivity index (χ2n) is 13.0. The van der Waals surface area contributed by atoms with Gasteiger partial charge in [-0.25, -0.2) is 0 Å². The molecular formula is C42H41N3O3S. The quantitative estimate of drug-likeness (QED) is 0.175. The van der Waals surface area contributed by atoms with E-state index in [0.29, 0.717) is 25.2 Å². The summed E-state index contributed by atoms with van der Waals surface area (Å²) in [5, 5.41) is 9.98. The number of carbonyl (C=O) groups excluding carboxylic acids is 1. The highest BCUT2D eigenvalue weighted by Crippen LogP contribution is 2.50. The highest BCUT2D eigenvalue weighted by Gasteiger charge is 2.32. The lowest BCUT2D eigenvalue weighted by Gasteiger charge is -2.37. The number of rotatable bonds is 7. The molecular weight excluding hydrogens is 627 g/mol. The molecule has 0 aliphatic carbocycles. The van der Waals surface area contributed by atoms with Crippen LogP contribution in [0.5, 0.6) is 0 Å². The van der Waals surface area contributed by atoms with Gasteiger partial charge in [0.2, 0.25) is 0 Å². The van der Waals surface area contributed by atoms with Crippen LogP contribution in [0.3, 0.4) is 0 Å². The van der Waals surface area contributed by atoms with Crippen LogP contribution in [-0.4, -0.2) is 54.3 Å². The first-order chi connectivity index (χ1) is 23.7. The van der Waals surface area contributed by atoms with E-state index in [1.54, 1.807) is 11.9 Å². The Labute approximate surface area is 293 Å². The number of anilines is 2. The minimum absolute atomic E-state index is 0.0475.